The third-order valence-corrected chi connectivity index (χ3v) is 3.38. The van der Waals surface area contributed by atoms with Crippen molar-refractivity contribution in [1.82, 2.24) is 25.5 Å². The average Bonchev–Trinajstić information content (AvgIpc) is 2.94. The van der Waals surface area contributed by atoms with E-state index in [4.69, 9.17) is 0 Å². The summed E-state index contributed by atoms with van der Waals surface area (Å²) in [5.41, 5.74) is 2.19. The summed E-state index contributed by atoms with van der Waals surface area (Å²) >= 11 is 0. The number of urea groups is 1. The molecule has 3 N–H and O–H groups in total. The van der Waals surface area contributed by atoms with E-state index >= 15 is 0 Å². The first kappa shape index (κ1) is 12.9. The Morgan fingerprint density at radius 2 is 2.44 bits per heavy atom. The zero-order chi connectivity index (χ0) is 13.0. The molecule has 2 rings (SSSR count). The molecule has 2 amide bonds. The van der Waals surface area contributed by atoms with Crippen LogP contribution in [-0.2, 0) is 6.54 Å². The molecular formula is C12H21N5O. The van der Waals surface area contributed by atoms with E-state index in [1.54, 1.807) is 0 Å². The van der Waals surface area contributed by atoms with Crippen molar-refractivity contribution in [3.63, 3.8) is 0 Å². The molecule has 0 aromatic carbocycles. The van der Waals surface area contributed by atoms with Crippen molar-refractivity contribution < 1.29 is 4.79 Å². The highest BCUT2D eigenvalue weighted by Gasteiger charge is 2.15. The number of rotatable bonds is 4. The van der Waals surface area contributed by atoms with Crippen molar-refractivity contribution in [2.75, 3.05) is 19.6 Å². The van der Waals surface area contributed by atoms with Crippen LogP contribution in [0.4, 0.5) is 4.79 Å². The van der Waals surface area contributed by atoms with Crippen LogP contribution in [0.25, 0.3) is 0 Å². The van der Waals surface area contributed by atoms with E-state index in [-0.39, 0.29) is 12.1 Å². The molecule has 1 fully saturated rings. The molecule has 1 saturated heterocycles. The second-order valence-corrected chi connectivity index (χ2v) is 4.70. The first-order valence-corrected chi connectivity index (χ1v) is 6.40. The normalized spacial score (nSPS) is 18.9. The van der Waals surface area contributed by atoms with Gasteiger partial charge in [-0.3, -0.25) is 0 Å². The molecule has 100 valence electrons. The number of carbonyl (C=O) groups excluding carboxylic acids is 1. The van der Waals surface area contributed by atoms with Gasteiger partial charge in [0.1, 0.15) is 0 Å². The van der Waals surface area contributed by atoms with Gasteiger partial charge in [0.25, 0.3) is 0 Å². The van der Waals surface area contributed by atoms with Crippen LogP contribution in [0, 0.1) is 13.8 Å². The number of nitrogens with zero attached hydrogens (tertiary/aromatic N) is 2. The van der Waals surface area contributed by atoms with Crippen LogP contribution in [0.2, 0.25) is 0 Å². The van der Waals surface area contributed by atoms with E-state index < -0.39 is 0 Å². The molecule has 0 bridgehead atoms. The monoisotopic (exact) mass is 251 g/mol. The molecule has 2 heterocycles. The van der Waals surface area contributed by atoms with E-state index in [0.29, 0.717) is 6.54 Å². The van der Waals surface area contributed by atoms with Crippen LogP contribution in [-0.4, -0.2) is 41.3 Å². The lowest BCUT2D eigenvalue weighted by Gasteiger charge is -2.13. The van der Waals surface area contributed by atoms with Crippen molar-refractivity contribution in [2.24, 2.45) is 0 Å². The Morgan fingerprint density at radius 1 is 1.61 bits per heavy atom. The summed E-state index contributed by atoms with van der Waals surface area (Å²) in [6, 6.07) is 0.181. The molecule has 1 aromatic rings. The lowest BCUT2D eigenvalue weighted by Crippen LogP contribution is -2.43. The van der Waals surface area contributed by atoms with Gasteiger partial charge in [-0.25, -0.2) is 9.78 Å². The van der Waals surface area contributed by atoms with E-state index in [1.165, 1.54) is 0 Å². The first-order valence-electron chi connectivity index (χ1n) is 6.40. The van der Waals surface area contributed by atoms with E-state index in [9.17, 15) is 4.79 Å². The third-order valence-electron chi connectivity index (χ3n) is 3.38. The maximum absolute atomic E-state index is 11.6. The predicted molar refractivity (Wildman–Crippen MR) is 69.5 cm³/mol. The summed E-state index contributed by atoms with van der Waals surface area (Å²) in [5.74, 6) is 0. The molecule has 1 aliphatic rings. The van der Waals surface area contributed by atoms with Gasteiger partial charge in [-0.1, -0.05) is 0 Å². The van der Waals surface area contributed by atoms with Crippen molar-refractivity contribution in [3.8, 4) is 0 Å². The number of carbonyl (C=O) groups is 1. The largest absolute Gasteiger partial charge is 0.336 e. The van der Waals surface area contributed by atoms with Gasteiger partial charge in [-0.05, 0) is 26.8 Å². The Kier molecular flexibility index (Phi) is 4.19. The number of imidazole rings is 1. The van der Waals surface area contributed by atoms with Crippen LogP contribution in [0.15, 0.2) is 6.33 Å². The van der Waals surface area contributed by atoms with Gasteiger partial charge >= 0.3 is 6.03 Å². The van der Waals surface area contributed by atoms with Crippen LogP contribution in [0.1, 0.15) is 17.8 Å². The number of aryl methyl sites for hydroxylation is 1. The van der Waals surface area contributed by atoms with Gasteiger partial charge < -0.3 is 20.5 Å². The topological polar surface area (TPSA) is 71.0 Å². The molecule has 6 heteroatoms. The number of nitrogens with one attached hydrogen (secondary N) is 3. The molecule has 0 unspecified atom stereocenters. The Bertz CT molecular complexity index is 409. The summed E-state index contributed by atoms with van der Waals surface area (Å²) in [6.07, 6.45) is 2.82. The van der Waals surface area contributed by atoms with Crippen molar-refractivity contribution >= 4 is 6.03 Å². The molecule has 0 aliphatic carbocycles. The van der Waals surface area contributed by atoms with E-state index in [1.807, 2.05) is 24.7 Å². The first-order chi connectivity index (χ1) is 8.66. The van der Waals surface area contributed by atoms with Gasteiger partial charge in [0.05, 0.1) is 12.0 Å². The summed E-state index contributed by atoms with van der Waals surface area (Å²) in [6.45, 7) is 7.24. The standard InChI is InChI=1S/C12H21N5O/c1-9-10(2)17(8-15-9)6-5-14-12(18)16-11-3-4-13-7-11/h8,11,13H,3-7H2,1-2H3,(H2,14,16,18)/t11-/m0/s1. The van der Waals surface area contributed by atoms with Crippen LogP contribution < -0.4 is 16.0 Å². The Morgan fingerprint density at radius 3 is 3.06 bits per heavy atom. The van der Waals surface area contributed by atoms with Crippen LogP contribution in [0.5, 0.6) is 0 Å². The summed E-state index contributed by atoms with van der Waals surface area (Å²) in [5, 5.41) is 9.03. The quantitative estimate of drug-likeness (QED) is 0.714. The fourth-order valence-corrected chi connectivity index (χ4v) is 2.07. The zero-order valence-corrected chi connectivity index (χ0v) is 11.0. The van der Waals surface area contributed by atoms with Crippen LogP contribution >= 0.6 is 0 Å². The van der Waals surface area contributed by atoms with Crippen molar-refractivity contribution in [1.29, 1.82) is 0 Å². The van der Waals surface area contributed by atoms with Gasteiger partial charge in [-0.2, -0.15) is 0 Å². The lowest BCUT2D eigenvalue weighted by molar-refractivity contribution is 0.237. The number of hydrogen-bond acceptors (Lipinski definition) is 3. The highest BCUT2D eigenvalue weighted by molar-refractivity contribution is 5.74. The van der Waals surface area contributed by atoms with E-state index in [2.05, 4.69) is 20.9 Å². The fourth-order valence-electron chi connectivity index (χ4n) is 2.07. The molecule has 1 aromatic heterocycles. The molecule has 0 radical (unpaired) electrons. The van der Waals surface area contributed by atoms with Gasteiger partial charge in [0.15, 0.2) is 0 Å². The molecule has 0 saturated carbocycles. The third kappa shape index (κ3) is 3.22. The van der Waals surface area contributed by atoms with Crippen LogP contribution in [0.3, 0.4) is 0 Å². The second kappa shape index (κ2) is 5.86. The van der Waals surface area contributed by atoms with Gasteiger partial charge in [0.2, 0.25) is 0 Å². The van der Waals surface area contributed by atoms with E-state index in [0.717, 1.165) is 37.4 Å². The summed E-state index contributed by atoms with van der Waals surface area (Å²) in [7, 11) is 0. The zero-order valence-electron chi connectivity index (χ0n) is 11.0. The number of amides is 2. The SMILES string of the molecule is Cc1ncn(CCNC(=O)N[C@H]2CCNC2)c1C. The van der Waals surface area contributed by atoms with Crippen molar-refractivity contribution in [3.05, 3.63) is 17.7 Å². The highest BCUT2D eigenvalue weighted by atomic mass is 16.2. The average molecular weight is 251 g/mol. The number of aromatic nitrogens is 2. The van der Waals surface area contributed by atoms with Gasteiger partial charge in [-0.15, -0.1) is 0 Å². The minimum absolute atomic E-state index is 0.0850. The predicted octanol–water partition coefficient (Wildman–Crippen LogP) is 0.161. The smallest absolute Gasteiger partial charge is 0.315 e. The summed E-state index contributed by atoms with van der Waals surface area (Å²) in [4.78, 5) is 15.8. The minimum Gasteiger partial charge on any atom is -0.336 e. The molecular weight excluding hydrogens is 230 g/mol. The molecule has 1 atom stereocenters. The second-order valence-electron chi connectivity index (χ2n) is 4.70. The number of hydrogen-bond donors (Lipinski definition) is 3. The fraction of sp³-hybridized carbons (Fsp3) is 0.667. The highest BCUT2D eigenvalue weighted by Crippen LogP contribution is 2.03. The van der Waals surface area contributed by atoms with Gasteiger partial charge in [0, 0.05) is 31.4 Å². The van der Waals surface area contributed by atoms with Crippen molar-refractivity contribution in [2.45, 2.75) is 32.9 Å². The maximum Gasteiger partial charge on any atom is 0.315 e. The molecule has 6 nitrogen and oxygen atoms in total. The molecule has 0 spiro atoms. The lowest BCUT2D eigenvalue weighted by atomic mass is 10.3. The maximum atomic E-state index is 11.6. The minimum atomic E-state index is -0.0850. The Hall–Kier alpha value is -1.56. The summed E-state index contributed by atoms with van der Waals surface area (Å²) < 4.78 is 2.05. The molecule has 18 heavy (non-hydrogen) atoms. The Labute approximate surface area is 107 Å². The molecule has 1 aliphatic heterocycles. The Balaban J connectivity index is 1.68.